The third-order valence-corrected chi connectivity index (χ3v) is 1.96. The van der Waals surface area contributed by atoms with E-state index < -0.39 is 0 Å². The van der Waals surface area contributed by atoms with E-state index in [2.05, 4.69) is 45.0 Å². The smallest absolute Gasteiger partial charge is 0.0791 e. The monoisotopic (exact) mass is 202 g/mol. The van der Waals surface area contributed by atoms with Crippen LogP contribution in [-0.2, 0) is 0 Å². The van der Waals surface area contributed by atoms with Crippen molar-refractivity contribution in [1.82, 2.24) is 10.2 Å². The van der Waals surface area contributed by atoms with E-state index in [4.69, 9.17) is 0 Å². The van der Waals surface area contributed by atoms with E-state index in [1.54, 1.807) is 0 Å². The van der Waals surface area contributed by atoms with E-state index in [0.29, 0.717) is 18.5 Å². The molecule has 0 bridgehead atoms. The average Bonchev–Trinajstić information content (AvgIpc) is 1.98. The molecule has 0 aliphatic rings. The van der Waals surface area contributed by atoms with Crippen molar-refractivity contribution in [2.45, 2.75) is 39.8 Å². The number of nitrogens with one attached hydrogen (secondary N) is 1. The molecule has 0 spiro atoms. The molecule has 0 aromatic heterocycles. The highest BCUT2D eigenvalue weighted by molar-refractivity contribution is 4.66. The lowest BCUT2D eigenvalue weighted by Crippen LogP contribution is -2.39. The van der Waals surface area contributed by atoms with Crippen LogP contribution < -0.4 is 5.32 Å². The highest BCUT2D eigenvalue weighted by Crippen LogP contribution is 1.97. The van der Waals surface area contributed by atoms with Crippen molar-refractivity contribution in [2.75, 3.05) is 26.7 Å². The van der Waals surface area contributed by atoms with Gasteiger partial charge in [-0.2, -0.15) is 0 Å². The van der Waals surface area contributed by atoms with E-state index in [-0.39, 0.29) is 6.10 Å². The Hall–Kier alpha value is -0.120. The zero-order valence-corrected chi connectivity index (χ0v) is 10.2. The fraction of sp³-hybridized carbons (Fsp3) is 1.00. The Kier molecular flexibility index (Phi) is 7.15. The van der Waals surface area contributed by atoms with Crippen LogP contribution in [0.4, 0.5) is 0 Å². The summed E-state index contributed by atoms with van der Waals surface area (Å²) in [6, 6.07) is 0.444. The van der Waals surface area contributed by atoms with Crippen LogP contribution in [0.1, 0.15) is 27.7 Å². The Morgan fingerprint density at radius 2 is 1.71 bits per heavy atom. The van der Waals surface area contributed by atoms with Crippen LogP contribution in [-0.4, -0.2) is 48.8 Å². The largest absolute Gasteiger partial charge is 0.390 e. The second-order valence-electron chi connectivity index (χ2n) is 4.83. The summed E-state index contributed by atoms with van der Waals surface area (Å²) < 4.78 is 0. The maximum atomic E-state index is 9.68. The third-order valence-electron chi connectivity index (χ3n) is 1.96. The van der Waals surface area contributed by atoms with Crippen molar-refractivity contribution in [3.05, 3.63) is 0 Å². The second-order valence-corrected chi connectivity index (χ2v) is 4.83. The van der Waals surface area contributed by atoms with E-state index in [1.165, 1.54) is 0 Å². The molecule has 1 unspecified atom stereocenters. The summed E-state index contributed by atoms with van der Waals surface area (Å²) in [5.74, 6) is 0.658. The molecule has 0 aromatic rings. The van der Waals surface area contributed by atoms with Crippen LogP contribution in [0.5, 0.6) is 0 Å². The van der Waals surface area contributed by atoms with Crippen LogP contribution in [0.15, 0.2) is 0 Å². The van der Waals surface area contributed by atoms with Crippen molar-refractivity contribution < 1.29 is 5.11 Å². The van der Waals surface area contributed by atoms with Crippen LogP contribution >= 0.6 is 0 Å². The summed E-state index contributed by atoms with van der Waals surface area (Å²) in [5.41, 5.74) is 0. The van der Waals surface area contributed by atoms with Gasteiger partial charge in [-0.05, 0) is 13.0 Å². The van der Waals surface area contributed by atoms with Gasteiger partial charge in [0, 0.05) is 25.7 Å². The van der Waals surface area contributed by atoms with Crippen molar-refractivity contribution >= 4 is 0 Å². The van der Waals surface area contributed by atoms with Crippen LogP contribution in [0.3, 0.4) is 0 Å². The molecule has 0 fully saturated rings. The molecule has 3 nitrogen and oxygen atoms in total. The molecule has 0 saturated heterocycles. The first-order valence-corrected chi connectivity index (χ1v) is 5.51. The highest BCUT2D eigenvalue weighted by Gasteiger charge is 2.09. The SMILES string of the molecule is CC(C)CN(C)CC(O)CNC(C)C. The molecule has 86 valence electrons. The minimum Gasteiger partial charge on any atom is -0.390 e. The van der Waals surface area contributed by atoms with E-state index >= 15 is 0 Å². The lowest BCUT2D eigenvalue weighted by Gasteiger charge is -2.23. The number of aliphatic hydroxyl groups is 1. The molecule has 2 N–H and O–H groups in total. The quantitative estimate of drug-likeness (QED) is 0.645. The van der Waals surface area contributed by atoms with Crippen molar-refractivity contribution in [3.8, 4) is 0 Å². The Labute approximate surface area is 88.5 Å². The number of hydrogen-bond donors (Lipinski definition) is 2. The van der Waals surface area contributed by atoms with Gasteiger partial charge in [0.2, 0.25) is 0 Å². The Bertz CT molecular complexity index is 137. The first-order chi connectivity index (χ1) is 6.41. The normalized spacial score (nSPS) is 14.4. The standard InChI is InChI=1S/C11H26N2O/c1-9(2)7-13(5)8-11(14)6-12-10(3)4/h9-12,14H,6-8H2,1-5H3. The summed E-state index contributed by atoms with van der Waals surface area (Å²) >= 11 is 0. The van der Waals surface area contributed by atoms with Gasteiger partial charge in [0.25, 0.3) is 0 Å². The van der Waals surface area contributed by atoms with Gasteiger partial charge in [-0.15, -0.1) is 0 Å². The lowest BCUT2D eigenvalue weighted by molar-refractivity contribution is 0.117. The molecule has 3 heteroatoms. The second kappa shape index (κ2) is 7.21. The Balaban J connectivity index is 3.55. The van der Waals surface area contributed by atoms with Gasteiger partial charge in [0.05, 0.1) is 6.10 Å². The average molecular weight is 202 g/mol. The number of aliphatic hydroxyl groups excluding tert-OH is 1. The number of hydrogen-bond acceptors (Lipinski definition) is 3. The fourth-order valence-corrected chi connectivity index (χ4v) is 1.49. The van der Waals surface area contributed by atoms with Gasteiger partial charge in [0.15, 0.2) is 0 Å². The molecule has 0 aliphatic carbocycles. The first-order valence-electron chi connectivity index (χ1n) is 5.51. The number of nitrogens with zero attached hydrogens (tertiary/aromatic N) is 1. The van der Waals surface area contributed by atoms with Crippen LogP contribution in [0, 0.1) is 5.92 Å². The predicted molar refractivity (Wildman–Crippen MR) is 61.5 cm³/mol. The van der Waals surface area contributed by atoms with Crippen LogP contribution in [0.2, 0.25) is 0 Å². The highest BCUT2D eigenvalue weighted by atomic mass is 16.3. The lowest BCUT2D eigenvalue weighted by atomic mass is 10.2. The predicted octanol–water partition coefficient (Wildman–Crippen LogP) is 0.933. The number of likely N-dealkylation sites (N-methyl/N-ethyl adjacent to an activating group) is 1. The molecule has 0 aliphatic heterocycles. The van der Waals surface area contributed by atoms with Crippen LogP contribution in [0.25, 0.3) is 0 Å². The van der Waals surface area contributed by atoms with E-state index in [0.717, 1.165) is 13.1 Å². The molecule has 0 amide bonds. The topological polar surface area (TPSA) is 35.5 Å². The van der Waals surface area contributed by atoms with Gasteiger partial charge in [-0.1, -0.05) is 27.7 Å². The molecule has 14 heavy (non-hydrogen) atoms. The molecule has 0 aromatic carbocycles. The zero-order chi connectivity index (χ0) is 11.1. The maximum Gasteiger partial charge on any atom is 0.0791 e. The maximum absolute atomic E-state index is 9.68. The minimum absolute atomic E-state index is 0.263. The van der Waals surface area contributed by atoms with E-state index in [1.807, 2.05) is 0 Å². The van der Waals surface area contributed by atoms with Gasteiger partial charge in [-0.25, -0.2) is 0 Å². The number of rotatable bonds is 7. The summed E-state index contributed by atoms with van der Waals surface area (Å²) in [6.45, 7) is 11.0. The van der Waals surface area contributed by atoms with Crippen molar-refractivity contribution in [2.24, 2.45) is 5.92 Å². The molecule has 0 heterocycles. The Morgan fingerprint density at radius 1 is 1.14 bits per heavy atom. The van der Waals surface area contributed by atoms with Gasteiger partial charge in [-0.3, -0.25) is 0 Å². The molecule has 0 rings (SSSR count). The Morgan fingerprint density at radius 3 is 2.14 bits per heavy atom. The molecule has 1 atom stereocenters. The molecular weight excluding hydrogens is 176 g/mol. The van der Waals surface area contributed by atoms with Gasteiger partial charge >= 0.3 is 0 Å². The summed E-state index contributed by atoms with van der Waals surface area (Å²) in [5, 5.41) is 12.9. The summed E-state index contributed by atoms with van der Waals surface area (Å²) in [7, 11) is 2.05. The fourth-order valence-electron chi connectivity index (χ4n) is 1.49. The first kappa shape index (κ1) is 13.9. The summed E-state index contributed by atoms with van der Waals surface area (Å²) in [6.07, 6.45) is -0.263. The molecule has 0 saturated carbocycles. The molecular formula is C11H26N2O. The third kappa shape index (κ3) is 8.48. The van der Waals surface area contributed by atoms with Crippen molar-refractivity contribution in [1.29, 1.82) is 0 Å². The van der Waals surface area contributed by atoms with Crippen molar-refractivity contribution in [3.63, 3.8) is 0 Å². The minimum atomic E-state index is -0.263. The summed E-state index contributed by atoms with van der Waals surface area (Å²) in [4.78, 5) is 2.18. The van der Waals surface area contributed by atoms with Gasteiger partial charge in [0.1, 0.15) is 0 Å². The molecule has 0 radical (unpaired) electrons. The van der Waals surface area contributed by atoms with Gasteiger partial charge < -0.3 is 15.3 Å². The van der Waals surface area contributed by atoms with E-state index in [9.17, 15) is 5.11 Å². The zero-order valence-electron chi connectivity index (χ0n) is 10.2.